The van der Waals surface area contributed by atoms with Crippen LogP contribution in [-0.2, 0) is 6.54 Å². The van der Waals surface area contributed by atoms with Gasteiger partial charge in [-0.3, -0.25) is 0 Å². The quantitative estimate of drug-likeness (QED) is 0.848. The molecule has 2 aromatic rings. The van der Waals surface area contributed by atoms with E-state index >= 15 is 0 Å². The third kappa shape index (κ3) is 3.93. The highest BCUT2D eigenvalue weighted by Gasteiger charge is 2.12. The van der Waals surface area contributed by atoms with Crippen molar-refractivity contribution in [2.24, 2.45) is 0 Å². The predicted octanol–water partition coefficient (Wildman–Crippen LogP) is 4.56. The second-order valence-electron chi connectivity index (χ2n) is 4.80. The van der Waals surface area contributed by atoms with Crippen LogP contribution in [0.3, 0.4) is 0 Å². The van der Waals surface area contributed by atoms with Crippen LogP contribution in [0.1, 0.15) is 30.5 Å². The minimum absolute atomic E-state index is 0.0576. The van der Waals surface area contributed by atoms with Gasteiger partial charge in [0, 0.05) is 17.6 Å². The number of hydrogen-bond donors (Lipinski definition) is 2. The minimum Gasteiger partial charge on any atom is -0.503 e. The van der Waals surface area contributed by atoms with E-state index in [-0.39, 0.29) is 6.04 Å². The summed E-state index contributed by atoms with van der Waals surface area (Å²) in [7, 11) is 0. The van der Waals surface area contributed by atoms with Crippen molar-refractivity contribution in [1.29, 1.82) is 0 Å². The lowest BCUT2D eigenvalue weighted by Crippen LogP contribution is -2.20. The highest BCUT2D eigenvalue weighted by Crippen LogP contribution is 2.23. The molecular formula is C16H16ClF2NO. The number of phenolic OH excluding ortho intramolecular Hbond substituents is 1. The first kappa shape index (κ1) is 15.7. The van der Waals surface area contributed by atoms with Crippen molar-refractivity contribution >= 4 is 11.6 Å². The average Bonchev–Trinajstić information content (AvgIpc) is 2.47. The summed E-state index contributed by atoms with van der Waals surface area (Å²) >= 11 is 5.85. The topological polar surface area (TPSA) is 32.3 Å². The van der Waals surface area contributed by atoms with Gasteiger partial charge in [-0.25, -0.2) is 8.78 Å². The molecule has 0 bridgehead atoms. The van der Waals surface area contributed by atoms with Crippen LogP contribution in [0.2, 0.25) is 5.02 Å². The summed E-state index contributed by atoms with van der Waals surface area (Å²) < 4.78 is 26.6. The first-order valence-corrected chi connectivity index (χ1v) is 7.04. The lowest BCUT2D eigenvalue weighted by atomic mass is 10.0. The molecule has 1 unspecified atom stereocenters. The Morgan fingerprint density at radius 1 is 1.14 bits per heavy atom. The van der Waals surface area contributed by atoms with Crippen LogP contribution >= 0.6 is 11.6 Å². The van der Waals surface area contributed by atoms with Crippen LogP contribution < -0.4 is 5.32 Å². The zero-order chi connectivity index (χ0) is 15.4. The lowest BCUT2D eigenvalue weighted by Gasteiger charge is -2.18. The molecule has 0 fully saturated rings. The van der Waals surface area contributed by atoms with E-state index in [2.05, 4.69) is 5.32 Å². The second-order valence-corrected chi connectivity index (χ2v) is 5.24. The predicted molar refractivity (Wildman–Crippen MR) is 79.3 cm³/mol. The third-order valence-corrected chi connectivity index (χ3v) is 3.56. The largest absolute Gasteiger partial charge is 0.503 e. The van der Waals surface area contributed by atoms with Gasteiger partial charge in [-0.05, 0) is 41.8 Å². The van der Waals surface area contributed by atoms with E-state index in [0.29, 0.717) is 17.1 Å². The van der Waals surface area contributed by atoms with Crippen LogP contribution in [0, 0.1) is 11.6 Å². The molecule has 1 atom stereocenters. The van der Waals surface area contributed by atoms with Crippen LogP contribution in [0.25, 0.3) is 0 Å². The molecule has 0 amide bonds. The Morgan fingerprint density at radius 2 is 1.71 bits per heavy atom. The molecule has 0 radical (unpaired) electrons. The third-order valence-electron chi connectivity index (χ3n) is 3.31. The van der Waals surface area contributed by atoms with Gasteiger partial charge in [0.25, 0.3) is 0 Å². The second kappa shape index (κ2) is 6.87. The van der Waals surface area contributed by atoms with Crippen LogP contribution in [-0.4, -0.2) is 5.11 Å². The van der Waals surface area contributed by atoms with E-state index in [4.69, 9.17) is 16.7 Å². The summed E-state index contributed by atoms with van der Waals surface area (Å²) in [6.45, 7) is 2.32. The number of halogens is 3. The summed E-state index contributed by atoms with van der Waals surface area (Å²) in [5.41, 5.74) is 1.50. The monoisotopic (exact) mass is 311 g/mol. The van der Waals surface area contributed by atoms with Gasteiger partial charge in [-0.2, -0.15) is 0 Å². The molecule has 0 aliphatic heterocycles. The summed E-state index contributed by atoms with van der Waals surface area (Å²) in [5, 5.41) is 13.0. The number of aromatic hydroxyl groups is 1. The lowest BCUT2D eigenvalue weighted by molar-refractivity contribution is 0.394. The molecule has 2 N–H and O–H groups in total. The number of rotatable bonds is 5. The summed E-state index contributed by atoms with van der Waals surface area (Å²) in [6.07, 6.45) is 0.824. The van der Waals surface area contributed by atoms with Crippen molar-refractivity contribution in [2.75, 3.05) is 0 Å². The molecule has 2 nitrogen and oxygen atoms in total. The van der Waals surface area contributed by atoms with E-state index in [9.17, 15) is 8.78 Å². The zero-order valence-corrected chi connectivity index (χ0v) is 12.3. The Bertz CT molecular complexity index is 593. The summed E-state index contributed by atoms with van der Waals surface area (Å²) in [5.74, 6) is -2.85. The van der Waals surface area contributed by atoms with E-state index in [0.717, 1.165) is 24.1 Å². The number of benzene rings is 2. The number of phenols is 1. The minimum atomic E-state index is -0.952. The van der Waals surface area contributed by atoms with E-state index < -0.39 is 17.4 Å². The molecule has 5 heteroatoms. The molecule has 112 valence electrons. The maximum Gasteiger partial charge on any atom is 0.187 e. The standard InChI is InChI=1S/C16H16ClF2NO/c1-2-15(11-3-5-12(17)6-4-11)20-9-10-7-13(18)16(21)14(19)8-10/h3-8,15,20-21H,2,9H2,1H3. The Morgan fingerprint density at radius 3 is 2.24 bits per heavy atom. The van der Waals surface area contributed by atoms with Crippen molar-refractivity contribution in [1.82, 2.24) is 5.32 Å². The van der Waals surface area contributed by atoms with Gasteiger partial charge in [0.2, 0.25) is 0 Å². The van der Waals surface area contributed by atoms with E-state index in [1.807, 2.05) is 19.1 Å². The van der Waals surface area contributed by atoms with E-state index in [1.54, 1.807) is 12.1 Å². The fourth-order valence-electron chi connectivity index (χ4n) is 2.15. The SMILES string of the molecule is CCC(NCc1cc(F)c(O)c(F)c1)c1ccc(Cl)cc1. The van der Waals surface area contributed by atoms with Gasteiger partial charge in [0.1, 0.15) is 0 Å². The van der Waals surface area contributed by atoms with Gasteiger partial charge in [-0.15, -0.1) is 0 Å². The highest BCUT2D eigenvalue weighted by atomic mass is 35.5. The van der Waals surface area contributed by atoms with Gasteiger partial charge >= 0.3 is 0 Å². The molecular weight excluding hydrogens is 296 g/mol. The van der Waals surface area contributed by atoms with Gasteiger partial charge in [0.15, 0.2) is 17.4 Å². The molecule has 0 aliphatic carbocycles. The highest BCUT2D eigenvalue weighted by molar-refractivity contribution is 6.30. The van der Waals surface area contributed by atoms with Crippen molar-refractivity contribution in [3.8, 4) is 5.75 Å². The normalized spacial score (nSPS) is 12.4. The van der Waals surface area contributed by atoms with Crippen LogP contribution in [0.5, 0.6) is 5.75 Å². The van der Waals surface area contributed by atoms with Crippen molar-refractivity contribution in [3.63, 3.8) is 0 Å². The van der Waals surface area contributed by atoms with Gasteiger partial charge < -0.3 is 10.4 Å². The Labute approximate surface area is 127 Å². The Hall–Kier alpha value is -1.65. The maximum atomic E-state index is 13.3. The molecule has 0 saturated carbocycles. The average molecular weight is 312 g/mol. The number of hydrogen-bond acceptors (Lipinski definition) is 2. The molecule has 0 saturated heterocycles. The molecule has 0 spiro atoms. The smallest absolute Gasteiger partial charge is 0.187 e. The number of nitrogens with one attached hydrogen (secondary N) is 1. The van der Waals surface area contributed by atoms with Gasteiger partial charge in [0.05, 0.1) is 0 Å². The summed E-state index contributed by atoms with van der Waals surface area (Å²) in [4.78, 5) is 0. The molecule has 21 heavy (non-hydrogen) atoms. The Balaban J connectivity index is 2.08. The zero-order valence-electron chi connectivity index (χ0n) is 11.5. The first-order valence-electron chi connectivity index (χ1n) is 6.67. The van der Waals surface area contributed by atoms with E-state index in [1.165, 1.54) is 0 Å². The van der Waals surface area contributed by atoms with Crippen LogP contribution in [0.4, 0.5) is 8.78 Å². The van der Waals surface area contributed by atoms with Crippen molar-refractivity contribution in [2.45, 2.75) is 25.9 Å². The maximum absolute atomic E-state index is 13.3. The van der Waals surface area contributed by atoms with Crippen LogP contribution in [0.15, 0.2) is 36.4 Å². The fraction of sp³-hybridized carbons (Fsp3) is 0.250. The van der Waals surface area contributed by atoms with Gasteiger partial charge in [-0.1, -0.05) is 30.7 Å². The van der Waals surface area contributed by atoms with Crippen molar-refractivity contribution in [3.05, 3.63) is 64.2 Å². The first-order chi connectivity index (χ1) is 10.0. The molecule has 0 aliphatic rings. The fourth-order valence-corrected chi connectivity index (χ4v) is 2.28. The molecule has 2 rings (SSSR count). The molecule has 0 aromatic heterocycles. The molecule has 2 aromatic carbocycles. The Kier molecular flexibility index (Phi) is 5.15. The summed E-state index contributed by atoms with van der Waals surface area (Å²) in [6, 6.07) is 9.76. The molecule has 0 heterocycles. The van der Waals surface area contributed by atoms with Crippen molar-refractivity contribution < 1.29 is 13.9 Å².